The second kappa shape index (κ2) is 6.48. The third-order valence-electron chi connectivity index (χ3n) is 2.81. The summed E-state index contributed by atoms with van der Waals surface area (Å²) in [5.74, 6) is -0.997. The van der Waals surface area contributed by atoms with Gasteiger partial charge in [0.1, 0.15) is 11.9 Å². The van der Waals surface area contributed by atoms with Crippen LogP contribution < -0.4 is 5.32 Å². The lowest BCUT2D eigenvalue weighted by molar-refractivity contribution is 0.0600. The van der Waals surface area contributed by atoms with E-state index >= 15 is 0 Å². The van der Waals surface area contributed by atoms with Gasteiger partial charge in [0.2, 0.25) is 0 Å². The zero-order chi connectivity index (χ0) is 15.2. The molecule has 0 atom stereocenters. The first-order chi connectivity index (χ1) is 10.1. The van der Waals surface area contributed by atoms with E-state index in [1.807, 2.05) is 0 Å². The number of pyridine rings is 1. The molecule has 0 saturated carbocycles. The number of carbonyl (C=O) groups is 1. The molecule has 0 amide bonds. The molecule has 21 heavy (non-hydrogen) atoms. The van der Waals surface area contributed by atoms with Crippen molar-refractivity contribution in [1.82, 2.24) is 4.98 Å². The van der Waals surface area contributed by atoms with Gasteiger partial charge in [-0.15, -0.1) is 0 Å². The van der Waals surface area contributed by atoms with Crippen molar-refractivity contribution in [2.75, 3.05) is 12.4 Å². The number of methoxy groups -OCH3 is 1. The molecule has 2 rings (SSSR count). The van der Waals surface area contributed by atoms with Crippen molar-refractivity contribution in [3.05, 3.63) is 59.2 Å². The minimum Gasteiger partial charge on any atom is -0.465 e. The highest BCUT2D eigenvalue weighted by Crippen LogP contribution is 2.14. The minimum atomic E-state index is -0.552. The summed E-state index contributed by atoms with van der Waals surface area (Å²) in [7, 11) is 1.30. The first-order valence-corrected chi connectivity index (χ1v) is 6.11. The first-order valence-electron chi connectivity index (χ1n) is 6.11. The van der Waals surface area contributed by atoms with E-state index in [1.54, 1.807) is 24.3 Å². The number of hydrogen-bond acceptors (Lipinski definition) is 5. The van der Waals surface area contributed by atoms with Crippen LogP contribution in [0.4, 0.5) is 10.1 Å². The van der Waals surface area contributed by atoms with Gasteiger partial charge in [0.25, 0.3) is 0 Å². The van der Waals surface area contributed by atoms with Gasteiger partial charge in [0.05, 0.1) is 30.5 Å². The Hall–Kier alpha value is -2.94. The monoisotopic (exact) mass is 285 g/mol. The zero-order valence-corrected chi connectivity index (χ0v) is 11.3. The van der Waals surface area contributed by atoms with Crippen LogP contribution >= 0.6 is 0 Å². The van der Waals surface area contributed by atoms with Gasteiger partial charge in [-0.1, -0.05) is 0 Å². The summed E-state index contributed by atoms with van der Waals surface area (Å²) >= 11 is 0. The number of anilines is 1. The fourth-order valence-electron chi connectivity index (χ4n) is 1.68. The summed E-state index contributed by atoms with van der Waals surface area (Å²) in [5.41, 5.74) is 1.67. The molecular formula is C15H12FN3O2. The number of esters is 1. The molecule has 0 unspecified atom stereocenters. The summed E-state index contributed by atoms with van der Waals surface area (Å²) in [6.07, 6.45) is 1.42. The molecule has 0 aliphatic carbocycles. The molecule has 0 fully saturated rings. The Bertz CT molecular complexity index is 693. The van der Waals surface area contributed by atoms with Gasteiger partial charge in [-0.3, -0.25) is 4.98 Å². The van der Waals surface area contributed by atoms with Crippen molar-refractivity contribution in [2.45, 2.75) is 6.54 Å². The van der Waals surface area contributed by atoms with Gasteiger partial charge < -0.3 is 10.1 Å². The normalized spacial score (nSPS) is 9.76. The van der Waals surface area contributed by atoms with Gasteiger partial charge in [0.15, 0.2) is 0 Å². The molecule has 5 nitrogen and oxygen atoms in total. The van der Waals surface area contributed by atoms with Crippen molar-refractivity contribution < 1.29 is 13.9 Å². The minimum absolute atomic E-state index is 0.0194. The van der Waals surface area contributed by atoms with Crippen molar-refractivity contribution >= 4 is 11.7 Å². The van der Waals surface area contributed by atoms with Gasteiger partial charge in [-0.25, -0.2) is 9.18 Å². The topological polar surface area (TPSA) is 75.0 Å². The number of rotatable bonds is 4. The zero-order valence-electron chi connectivity index (χ0n) is 11.3. The Morgan fingerprint density at radius 3 is 2.86 bits per heavy atom. The summed E-state index contributed by atoms with van der Waals surface area (Å²) < 4.78 is 17.8. The third kappa shape index (κ3) is 3.54. The number of nitrogens with zero attached hydrogens (tertiary/aromatic N) is 2. The molecule has 0 aliphatic rings. The van der Waals surface area contributed by atoms with E-state index in [0.717, 1.165) is 0 Å². The number of hydrogen-bond donors (Lipinski definition) is 1. The van der Waals surface area contributed by atoms with Crippen LogP contribution in [0.3, 0.4) is 0 Å². The highest BCUT2D eigenvalue weighted by atomic mass is 19.1. The molecule has 0 saturated heterocycles. The largest absolute Gasteiger partial charge is 0.465 e. The molecule has 2 aromatic rings. The van der Waals surface area contributed by atoms with Gasteiger partial charge in [-0.2, -0.15) is 5.26 Å². The van der Waals surface area contributed by atoms with Crippen LogP contribution in [0.2, 0.25) is 0 Å². The van der Waals surface area contributed by atoms with Crippen molar-refractivity contribution in [3.63, 3.8) is 0 Å². The fourth-order valence-corrected chi connectivity index (χ4v) is 1.68. The average molecular weight is 285 g/mol. The van der Waals surface area contributed by atoms with Crippen molar-refractivity contribution in [1.29, 1.82) is 5.26 Å². The van der Waals surface area contributed by atoms with E-state index in [0.29, 0.717) is 23.5 Å². The smallest absolute Gasteiger partial charge is 0.339 e. The van der Waals surface area contributed by atoms with Crippen LogP contribution in [0.5, 0.6) is 0 Å². The van der Waals surface area contributed by atoms with Crippen LogP contribution in [0.15, 0.2) is 36.5 Å². The Morgan fingerprint density at radius 1 is 1.43 bits per heavy atom. The summed E-state index contributed by atoms with van der Waals surface area (Å²) in [5, 5.41) is 11.8. The quantitative estimate of drug-likeness (QED) is 0.873. The van der Waals surface area contributed by atoms with E-state index in [4.69, 9.17) is 5.26 Å². The summed E-state index contributed by atoms with van der Waals surface area (Å²) in [4.78, 5) is 15.4. The second-order valence-corrected chi connectivity index (χ2v) is 4.19. The highest BCUT2D eigenvalue weighted by Gasteiger charge is 2.06. The Morgan fingerprint density at radius 2 is 2.24 bits per heavy atom. The number of nitrogens with one attached hydrogen (secondary N) is 1. The van der Waals surface area contributed by atoms with Gasteiger partial charge in [-0.05, 0) is 30.3 Å². The highest BCUT2D eigenvalue weighted by molar-refractivity contribution is 5.88. The lowest BCUT2D eigenvalue weighted by atomic mass is 10.2. The van der Waals surface area contributed by atoms with Gasteiger partial charge in [0, 0.05) is 11.9 Å². The number of benzene rings is 1. The van der Waals surface area contributed by atoms with Crippen molar-refractivity contribution in [3.8, 4) is 6.07 Å². The van der Waals surface area contributed by atoms with Crippen LogP contribution in [-0.4, -0.2) is 18.1 Å². The van der Waals surface area contributed by atoms with E-state index < -0.39 is 11.8 Å². The van der Waals surface area contributed by atoms with E-state index in [1.165, 1.54) is 25.4 Å². The van der Waals surface area contributed by atoms with E-state index in [2.05, 4.69) is 15.0 Å². The van der Waals surface area contributed by atoms with Gasteiger partial charge >= 0.3 is 5.97 Å². The standard InChI is InChI=1S/C15H12FN3O2/c1-21-15(20)10-2-3-13(18-8-10)9-19-12-4-5-14(16)11(6-12)7-17/h2-6,8,19H,9H2,1H3. The molecule has 0 bridgehead atoms. The molecule has 0 spiro atoms. The number of halogens is 1. The molecular weight excluding hydrogens is 273 g/mol. The van der Waals surface area contributed by atoms with Crippen molar-refractivity contribution in [2.24, 2.45) is 0 Å². The predicted molar refractivity (Wildman–Crippen MR) is 74.0 cm³/mol. The SMILES string of the molecule is COC(=O)c1ccc(CNc2ccc(F)c(C#N)c2)nc1. The Labute approximate surface area is 121 Å². The number of carbonyl (C=O) groups excluding carboxylic acids is 1. The summed E-state index contributed by atoms with van der Waals surface area (Å²) in [6, 6.07) is 9.28. The number of ether oxygens (including phenoxy) is 1. The fraction of sp³-hybridized carbons (Fsp3) is 0.133. The molecule has 106 valence electrons. The Balaban J connectivity index is 2.03. The lowest BCUT2D eigenvalue weighted by Crippen LogP contribution is -2.05. The van der Waals surface area contributed by atoms with Crippen LogP contribution in [0.25, 0.3) is 0 Å². The lowest BCUT2D eigenvalue weighted by Gasteiger charge is -2.07. The third-order valence-corrected chi connectivity index (χ3v) is 2.81. The maximum atomic E-state index is 13.2. The van der Waals surface area contributed by atoms with E-state index in [9.17, 15) is 9.18 Å². The van der Waals surface area contributed by atoms with E-state index in [-0.39, 0.29) is 5.56 Å². The molecule has 1 N–H and O–H groups in total. The molecule has 1 aromatic heterocycles. The maximum Gasteiger partial charge on any atom is 0.339 e. The molecule has 1 aromatic carbocycles. The molecule has 1 heterocycles. The molecule has 0 aliphatic heterocycles. The summed E-state index contributed by atoms with van der Waals surface area (Å²) in [6.45, 7) is 0.387. The second-order valence-electron chi connectivity index (χ2n) is 4.19. The van der Waals surface area contributed by atoms with Crippen LogP contribution in [-0.2, 0) is 11.3 Å². The Kier molecular flexibility index (Phi) is 4.46. The molecule has 6 heteroatoms. The number of aromatic nitrogens is 1. The average Bonchev–Trinajstić information content (AvgIpc) is 2.53. The van der Waals surface area contributed by atoms with Crippen LogP contribution in [0, 0.1) is 17.1 Å². The first kappa shape index (κ1) is 14.5. The number of nitriles is 1. The molecule has 0 radical (unpaired) electrons. The van der Waals surface area contributed by atoms with Crippen LogP contribution in [0.1, 0.15) is 21.6 Å². The predicted octanol–water partition coefficient (Wildman–Crippen LogP) is 2.49. The maximum absolute atomic E-state index is 13.2.